The molecule has 0 aliphatic rings. The third kappa shape index (κ3) is 3.20. The molecule has 2 N–H and O–H groups in total. The van der Waals surface area contributed by atoms with Gasteiger partial charge in [-0.2, -0.15) is 0 Å². The molecule has 116 valence electrons. The highest BCUT2D eigenvalue weighted by atomic mass is 79.9. The first-order valence-corrected chi connectivity index (χ1v) is 8.26. The first-order chi connectivity index (χ1) is 11.0. The Morgan fingerprint density at radius 3 is 2.70 bits per heavy atom. The number of aromatic nitrogens is 1. The molecule has 0 aliphatic heterocycles. The predicted molar refractivity (Wildman–Crippen MR) is 95.4 cm³/mol. The molecular formula is C16H11Br2N3O2. The van der Waals surface area contributed by atoms with Gasteiger partial charge in [0.25, 0.3) is 5.91 Å². The van der Waals surface area contributed by atoms with Gasteiger partial charge >= 0.3 is 0 Å². The van der Waals surface area contributed by atoms with Crippen LogP contribution in [0.5, 0.6) is 5.88 Å². The van der Waals surface area contributed by atoms with E-state index in [9.17, 15) is 9.90 Å². The Morgan fingerprint density at radius 1 is 1.17 bits per heavy atom. The largest absolute Gasteiger partial charge is 0.493 e. The lowest BCUT2D eigenvalue weighted by molar-refractivity contribution is 0.0995. The number of aryl methyl sites for hydroxylation is 1. The number of fused-ring (bicyclic) bond motifs is 1. The van der Waals surface area contributed by atoms with Gasteiger partial charge in [0.2, 0.25) is 5.88 Å². The molecule has 2 aromatic carbocycles. The predicted octanol–water partition coefficient (Wildman–Crippen LogP) is 5.63. The molecular weight excluding hydrogens is 426 g/mol. The van der Waals surface area contributed by atoms with Gasteiger partial charge in [-0.15, -0.1) is 10.2 Å². The number of benzene rings is 2. The maximum absolute atomic E-state index is 12.1. The molecule has 1 amide bonds. The molecule has 0 radical (unpaired) electrons. The summed E-state index contributed by atoms with van der Waals surface area (Å²) in [6.45, 7) is 1.93. The number of rotatable bonds is 2. The van der Waals surface area contributed by atoms with Gasteiger partial charge in [0, 0.05) is 19.9 Å². The fraction of sp³-hybridized carbons (Fsp3) is 0.0625. The normalized spacial score (nSPS) is 11.4. The second-order valence-corrected chi connectivity index (χ2v) is 6.75. The summed E-state index contributed by atoms with van der Waals surface area (Å²) in [6, 6.07) is 10.7. The molecule has 0 aliphatic carbocycles. The van der Waals surface area contributed by atoms with Gasteiger partial charge < -0.3 is 10.1 Å². The van der Waals surface area contributed by atoms with E-state index in [4.69, 9.17) is 0 Å². The molecule has 3 aromatic rings. The number of azo groups is 1. The Morgan fingerprint density at radius 2 is 1.96 bits per heavy atom. The Labute approximate surface area is 148 Å². The summed E-state index contributed by atoms with van der Waals surface area (Å²) >= 11 is 6.75. The lowest BCUT2D eigenvalue weighted by Crippen LogP contribution is -1.94. The average Bonchev–Trinajstić information content (AvgIpc) is 2.82. The van der Waals surface area contributed by atoms with Crippen molar-refractivity contribution >= 4 is 54.4 Å². The molecule has 0 unspecified atom stereocenters. The van der Waals surface area contributed by atoms with Crippen molar-refractivity contribution < 1.29 is 9.90 Å². The number of aromatic hydroxyl groups is 1. The molecule has 1 heterocycles. The maximum atomic E-state index is 12.1. The molecule has 3 rings (SSSR count). The van der Waals surface area contributed by atoms with E-state index >= 15 is 0 Å². The summed E-state index contributed by atoms with van der Waals surface area (Å²) in [5.41, 5.74) is 2.40. The zero-order valence-corrected chi connectivity index (χ0v) is 15.1. The highest BCUT2D eigenvalue weighted by Gasteiger charge is 2.12. The van der Waals surface area contributed by atoms with Gasteiger partial charge in [-0.1, -0.05) is 37.9 Å². The van der Waals surface area contributed by atoms with Crippen molar-refractivity contribution in [1.82, 2.24) is 4.98 Å². The molecule has 7 heteroatoms. The van der Waals surface area contributed by atoms with Gasteiger partial charge in [-0.05, 0) is 42.8 Å². The van der Waals surface area contributed by atoms with Crippen LogP contribution in [0.2, 0.25) is 0 Å². The highest BCUT2D eigenvalue weighted by molar-refractivity contribution is 9.10. The van der Waals surface area contributed by atoms with Crippen molar-refractivity contribution in [3.8, 4) is 5.88 Å². The molecule has 0 atom stereocenters. The van der Waals surface area contributed by atoms with Gasteiger partial charge in [0.1, 0.15) is 0 Å². The Bertz CT molecular complexity index is 948. The topological polar surface area (TPSA) is 77.8 Å². The minimum Gasteiger partial charge on any atom is -0.493 e. The highest BCUT2D eigenvalue weighted by Crippen LogP contribution is 2.36. The van der Waals surface area contributed by atoms with Crippen LogP contribution in [0.15, 0.2) is 55.6 Å². The number of aromatic amines is 1. The van der Waals surface area contributed by atoms with Gasteiger partial charge in [-0.3, -0.25) is 4.79 Å². The van der Waals surface area contributed by atoms with E-state index in [1.807, 2.05) is 19.1 Å². The molecule has 0 saturated carbocycles. The molecule has 23 heavy (non-hydrogen) atoms. The minimum atomic E-state index is -0.477. The van der Waals surface area contributed by atoms with Crippen LogP contribution in [0, 0.1) is 6.92 Å². The number of hydrogen-bond acceptors (Lipinski definition) is 3. The van der Waals surface area contributed by atoms with Crippen molar-refractivity contribution in [2.45, 2.75) is 6.92 Å². The van der Waals surface area contributed by atoms with Crippen molar-refractivity contribution in [1.29, 1.82) is 0 Å². The van der Waals surface area contributed by atoms with Crippen LogP contribution in [0.25, 0.3) is 10.9 Å². The summed E-state index contributed by atoms with van der Waals surface area (Å²) in [5.74, 6) is -0.603. The number of carbonyl (C=O) groups is 1. The number of carbonyl (C=O) groups excluding carboxylic acids is 1. The summed E-state index contributed by atoms with van der Waals surface area (Å²) in [7, 11) is 0. The van der Waals surface area contributed by atoms with Crippen molar-refractivity contribution in [2.24, 2.45) is 10.2 Å². The van der Waals surface area contributed by atoms with Crippen LogP contribution in [-0.4, -0.2) is 16.0 Å². The van der Waals surface area contributed by atoms with Gasteiger partial charge in [0.15, 0.2) is 5.69 Å². The number of H-pyrrole nitrogens is 1. The maximum Gasteiger partial charge on any atom is 0.295 e. The Hall–Kier alpha value is -1.99. The number of halogens is 2. The second kappa shape index (κ2) is 6.25. The summed E-state index contributed by atoms with van der Waals surface area (Å²) in [5, 5.41) is 18.3. The number of amides is 1. The van der Waals surface area contributed by atoms with Crippen LogP contribution in [0.4, 0.5) is 5.69 Å². The lowest BCUT2D eigenvalue weighted by Gasteiger charge is -1.99. The molecule has 1 aromatic heterocycles. The first-order valence-electron chi connectivity index (χ1n) is 6.68. The number of nitrogens with one attached hydrogen (secondary N) is 1. The quantitative estimate of drug-likeness (QED) is 0.510. The third-order valence-electron chi connectivity index (χ3n) is 3.37. The zero-order valence-electron chi connectivity index (χ0n) is 12.0. The summed E-state index contributed by atoms with van der Waals surface area (Å²) < 4.78 is 1.67. The van der Waals surface area contributed by atoms with E-state index in [1.54, 1.807) is 24.3 Å². The third-order valence-corrected chi connectivity index (χ3v) is 4.72. The summed E-state index contributed by atoms with van der Waals surface area (Å²) in [4.78, 5) is 14.9. The van der Waals surface area contributed by atoms with E-state index in [0.717, 1.165) is 14.5 Å². The smallest absolute Gasteiger partial charge is 0.295 e. The van der Waals surface area contributed by atoms with E-state index in [2.05, 4.69) is 47.1 Å². The van der Waals surface area contributed by atoms with E-state index < -0.39 is 5.91 Å². The van der Waals surface area contributed by atoms with Crippen LogP contribution in [0.1, 0.15) is 15.9 Å². The molecule has 0 bridgehead atoms. The Balaban J connectivity index is 1.96. The fourth-order valence-electron chi connectivity index (χ4n) is 2.12. The standard InChI is InChI=1S/C16H11Br2N3O2/c1-8-2-3-9(6-12(8)18)15(22)21-20-14-11-7-10(17)4-5-13(11)19-16(14)23/h2-7,19,23H,1H3. The molecule has 0 fully saturated rings. The van der Waals surface area contributed by atoms with Gasteiger partial charge in [0.05, 0.1) is 5.52 Å². The number of nitrogens with zero attached hydrogens (tertiary/aromatic N) is 2. The second-order valence-electron chi connectivity index (χ2n) is 4.98. The van der Waals surface area contributed by atoms with Crippen molar-refractivity contribution in [2.75, 3.05) is 0 Å². The van der Waals surface area contributed by atoms with Crippen LogP contribution < -0.4 is 0 Å². The molecule has 0 saturated heterocycles. The monoisotopic (exact) mass is 435 g/mol. The zero-order chi connectivity index (χ0) is 16.6. The lowest BCUT2D eigenvalue weighted by atomic mass is 10.1. The first kappa shape index (κ1) is 15.9. The molecule has 0 spiro atoms. The Kier molecular flexibility index (Phi) is 4.32. The minimum absolute atomic E-state index is 0.125. The summed E-state index contributed by atoms with van der Waals surface area (Å²) in [6.07, 6.45) is 0. The SMILES string of the molecule is Cc1ccc(C(=O)N=Nc2c(O)[nH]c3ccc(Br)cc23)cc1Br. The number of hydrogen-bond donors (Lipinski definition) is 2. The van der Waals surface area contributed by atoms with Crippen molar-refractivity contribution in [3.63, 3.8) is 0 Å². The molecule has 5 nitrogen and oxygen atoms in total. The van der Waals surface area contributed by atoms with Crippen LogP contribution in [-0.2, 0) is 0 Å². The van der Waals surface area contributed by atoms with Gasteiger partial charge in [-0.25, -0.2) is 0 Å². The van der Waals surface area contributed by atoms with Crippen molar-refractivity contribution in [3.05, 3.63) is 56.5 Å². The fourth-order valence-corrected chi connectivity index (χ4v) is 2.86. The van der Waals surface area contributed by atoms with E-state index in [-0.39, 0.29) is 11.6 Å². The average molecular weight is 437 g/mol. The van der Waals surface area contributed by atoms with Crippen LogP contribution in [0.3, 0.4) is 0 Å². The van der Waals surface area contributed by atoms with Crippen LogP contribution >= 0.6 is 31.9 Å². The van der Waals surface area contributed by atoms with E-state index in [1.165, 1.54) is 0 Å². The van der Waals surface area contributed by atoms with E-state index in [0.29, 0.717) is 16.5 Å².